The molecular weight excluding hydrogens is 384 g/mol. The molecule has 0 saturated heterocycles. The zero-order valence-corrected chi connectivity index (χ0v) is 17.1. The number of ether oxygens (including phenoxy) is 2. The first-order valence-corrected chi connectivity index (χ1v) is 9.36. The van der Waals surface area contributed by atoms with E-state index in [1.54, 1.807) is 44.7 Å². The molecule has 0 unspecified atom stereocenters. The van der Waals surface area contributed by atoms with Crippen LogP contribution in [0.2, 0.25) is 0 Å². The fourth-order valence-corrected chi connectivity index (χ4v) is 2.70. The molecule has 0 spiro atoms. The van der Waals surface area contributed by atoms with Gasteiger partial charge in [0, 0.05) is 37.0 Å². The van der Waals surface area contributed by atoms with E-state index >= 15 is 0 Å². The lowest BCUT2D eigenvalue weighted by Crippen LogP contribution is -2.29. The second kappa shape index (κ2) is 10.1. The topological polar surface area (TPSA) is 110 Å². The molecular formula is C21H24N6O3. The van der Waals surface area contributed by atoms with Gasteiger partial charge in [0.05, 0.1) is 14.2 Å². The minimum absolute atomic E-state index is 0.217. The number of pyridine rings is 1. The molecule has 156 valence electrons. The Kier molecular flexibility index (Phi) is 6.99. The summed E-state index contributed by atoms with van der Waals surface area (Å²) in [5, 5.41) is 9.19. The van der Waals surface area contributed by atoms with Gasteiger partial charge in [0.25, 0.3) is 5.91 Å². The van der Waals surface area contributed by atoms with Gasteiger partial charge >= 0.3 is 0 Å². The smallest absolute Gasteiger partial charge is 0.251 e. The number of methoxy groups -OCH3 is 2. The second-order valence-electron chi connectivity index (χ2n) is 6.31. The number of hydrogen-bond acceptors (Lipinski definition) is 8. The van der Waals surface area contributed by atoms with Crippen molar-refractivity contribution < 1.29 is 14.3 Å². The van der Waals surface area contributed by atoms with E-state index in [0.717, 1.165) is 0 Å². The van der Waals surface area contributed by atoms with E-state index in [1.807, 2.05) is 25.1 Å². The Bertz CT molecular complexity index is 975. The lowest BCUT2D eigenvalue weighted by Gasteiger charge is -2.11. The van der Waals surface area contributed by atoms with Crippen LogP contribution in [0.15, 0.2) is 48.7 Å². The average Bonchev–Trinajstić information content (AvgIpc) is 2.76. The molecule has 3 rings (SSSR count). The lowest BCUT2D eigenvalue weighted by atomic mass is 10.2. The molecule has 0 aliphatic carbocycles. The maximum absolute atomic E-state index is 12.4. The van der Waals surface area contributed by atoms with Crippen molar-refractivity contribution in [3.63, 3.8) is 0 Å². The van der Waals surface area contributed by atoms with Crippen LogP contribution < -0.4 is 25.4 Å². The van der Waals surface area contributed by atoms with E-state index in [4.69, 9.17) is 9.47 Å². The highest BCUT2D eigenvalue weighted by atomic mass is 16.5. The van der Waals surface area contributed by atoms with Gasteiger partial charge in [0.2, 0.25) is 0 Å². The number of nitrogens with zero attached hydrogens (tertiary/aromatic N) is 3. The number of amides is 1. The third-order valence-corrected chi connectivity index (χ3v) is 4.09. The third kappa shape index (κ3) is 5.81. The quantitative estimate of drug-likeness (QED) is 0.464. The van der Waals surface area contributed by atoms with Gasteiger partial charge in [-0.05, 0) is 31.2 Å². The Morgan fingerprint density at radius 1 is 0.933 bits per heavy atom. The van der Waals surface area contributed by atoms with Crippen molar-refractivity contribution in [3.05, 3.63) is 60.0 Å². The summed E-state index contributed by atoms with van der Waals surface area (Å²) in [7, 11) is 3.09. The number of aryl methyl sites for hydroxylation is 1. The summed E-state index contributed by atoms with van der Waals surface area (Å²) < 4.78 is 10.4. The molecule has 3 N–H and O–H groups in total. The van der Waals surface area contributed by atoms with Crippen molar-refractivity contribution in [1.82, 2.24) is 20.3 Å². The Labute approximate surface area is 174 Å². The molecule has 0 atom stereocenters. The Morgan fingerprint density at radius 2 is 1.67 bits per heavy atom. The summed E-state index contributed by atoms with van der Waals surface area (Å²) in [6.45, 7) is 2.71. The predicted molar refractivity (Wildman–Crippen MR) is 115 cm³/mol. The van der Waals surface area contributed by atoms with Crippen molar-refractivity contribution in [3.8, 4) is 11.5 Å². The van der Waals surface area contributed by atoms with E-state index in [0.29, 0.717) is 53.4 Å². The molecule has 0 aliphatic rings. The number of hydrogen-bond donors (Lipinski definition) is 3. The lowest BCUT2D eigenvalue weighted by molar-refractivity contribution is 0.0954. The van der Waals surface area contributed by atoms with E-state index < -0.39 is 0 Å². The van der Waals surface area contributed by atoms with E-state index in [9.17, 15) is 4.79 Å². The largest absolute Gasteiger partial charge is 0.497 e. The Morgan fingerprint density at radius 3 is 2.33 bits per heavy atom. The van der Waals surface area contributed by atoms with Crippen LogP contribution >= 0.6 is 0 Å². The molecule has 9 nitrogen and oxygen atoms in total. The highest BCUT2D eigenvalue weighted by Crippen LogP contribution is 2.22. The normalized spacial score (nSPS) is 10.2. The van der Waals surface area contributed by atoms with Gasteiger partial charge in [-0.2, -0.15) is 0 Å². The maximum Gasteiger partial charge on any atom is 0.251 e. The summed E-state index contributed by atoms with van der Waals surface area (Å²) in [6, 6.07) is 12.4. The van der Waals surface area contributed by atoms with Gasteiger partial charge in [0.1, 0.15) is 34.8 Å². The number of carbonyl (C=O) groups excluding carboxylic acids is 1. The molecule has 1 amide bonds. The number of rotatable bonds is 9. The molecule has 0 aliphatic heterocycles. The van der Waals surface area contributed by atoms with Crippen molar-refractivity contribution >= 4 is 23.4 Å². The van der Waals surface area contributed by atoms with Crippen LogP contribution in [0.4, 0.5) is 17.5 Å². The van der Waals surface area contributed by atoms with Crippen LogP contribution in [0, 0.1) is 6.92 Å². The first-order chi connectivity index (χ1) is 14.6. The van der Waals surface area contributed by atoms with Gasteiger partial charge in [-0.3, -0.25) is 4.79 Å². The summed E-state index contributed by atoms with van der Waals surface area (Å²) in [4.78, 5) is 25.4. The number of nitrogens with one attached hydrogen (secondary N) is 3. The molecule has 2 aromatic heterocycles. The standard InChI is InChI=1S/C21H24N6O3/c1-14-25-19(13-20(26-14)27-18-6-4-5-7-22-18)23-8-9-24-21(28)15-10-16(29-2)12-17(11-15)30-3/h4-7,10-13H,8-9H2,1-3H3,(H,24,28)(H2,22,23,25,26,27). The van der Waals surface area contributed by atoms with Crippen LogP contribution in [-0.2, 0) is 0 Å². The number of aromatic nitrogens is 3. The SMILES string of the molecule is COc1cc(OC)cc(C(=O)NCCNc2cc(Nc3ccccn3)nc(C)n2)c1. The second-order valence-corrected chi connectivity index (χ2v) is 6.31. The highest BCUT2D eigenvalue weighted by Gasteiger charge is 2.09. The van der Waals surface area contributed by atoms with E-state index in [1.165, 1.54) is 0 Å². The Balaban J connectivity index is 1.54. The predicted octanol–water partition coefficient (Wildman–Crippen LogP) is 2.78. The molecule has 30 heavy (non-hydrogen) atoms. The van der Waals surface area contributed by atoms with Crippen molar-refractivity contribution in [1.29, 1.82) is 0 Å². The van der Waals surface area contributed by atoms with Gasteiger partial charge in [0.15, 0.2) is 0 Å². The van der Waals surface area contributed by atoms with Crippen LogP contribution in [0.3, 0.4) is 0 Å². The van der Waals surface area contributed by atoms with Crippen molar-refractivity contribution in [2.75, 3.05) is 37.9 Å². The first kappa shape index (κ1) is 20.8. The summed E-state index contributed by atoms with van der Waals surface area (Å²) in [6.07, 6.45) is 1.70. The first-order valence-electron chi connectivity index (χ1n) is 9.36. The number of benzene rings is 1. The number of carbonyl (C=O) groups is 1. The van der Waals surface area contributed by atoms with Crippen LogP contribution in [0.25, 0.3) is 0 Å². The van der Waals surface area contributed by atoms with E-state index in [2.05, 4.69) is 30.9 Å². The average molecular weight is 408 g/mol. The zero-order valence-electron chi connectivity index (χ0n) is 17.1. The number of anilines is 3. The minimum Gasteiger partial charge on any atom is -0.497 e. The van der Waals surface area contributed by atoms with Gasteiger partial charge in [-0.25, -0.2) is 15.0 Å². The van der Waals surface area contributed by atoms with Crippen LogP contribution in [0.5, 0.6) is 11.5 Å². The van der Waals surface area contributed by atoms with Crippen LogP contribution in [0.1, 0.15) is 16.2 Å². The van der Waals surface area contributed by atoms with Gasteiger partial charge in [-0.1, -0.05) is 6.07 Å². The maximum atomic E-state index is 12.4. The summed E-state index contributed by atoms with van der Waals surface area (Å²) in [5.74, 6) is 3.50. The summed E-state index contributed by atoms with van der Waals surface area (Å²) in [5.41, 5.74) is 0.464. The minimum atomic E-state index is -0.217. The molecule has 0 radical (unpaired) electrons. The summed E-state index contributed by atoms with van der Waals surface area (Å²) >= 11 is 0. The van der Waals surface area contributed by atoms with Gasteiger partial charge < -0.3 is 25.4 Å². The molecule has 2 heterocycles. The monoisotopic (exact) mass is 408 g/mol. The molecule has 3 aromatic rings. The van der Waals surface area contributed by atoms with Crippen molar-refractivity contribution in [2.45, 2.75) is 6.92 Å². The molecule has 1 aromatic carbocycles. The molecule has 0 saturated carbocycles. The molecule has 0 bridgehead atoms. The fraction of sp³-hybridized carbons (Fsp3) is 0.238. The third-order valence-electron chi connectivity index (χ3n) is 4.09. The van der Waals surface area contributed by atoms with E-state index in [-0.39, 0.29) is 5.91 Å². The Hall–Kier alpha value is -3.88. The zero-order chi connectivity index (χ0) is 21.3. The van der Waals surface area contributed by atoms with Crippen molar-refractivity contribution in [2.24, 2.45) is 0 Å². The molecule has 0 fully saturated rings. The fourth-order valence-electron chi connectivity index (χ4n) is 2.70. The van der Waals surface area contributed by atoms with Gasteiger partial charge in [-0.15, -0.1) is 0 Å². The van der Waals surface area contributed by atoms with Crippen LogP contribution in [-0.4, -0.2) is 48.2 Å². The highest BCUT2D eigenvalue weighted by molar-refractivity contribution is 5.95. The molecule has 9 heteroatoms.